The molecule has 25 heavy (non-hydrogen) atoms. The van der Waals surface area contributed by atoms with Crippen LogP contribution in [-0.2, 0) is 6.54 Å². The molecule has 1 aromatic carbocycles. The summed E-state index contributed by atoms with van der Waals surface area (Å²) >= 11 is 1.50. The van der Waals surface area contributed by atoms with Crippen molar-refractivity contribution >= 4 is 17.2 Å². The number of rotatable bonds is 4. The van der Waals surface area contributed by atoms with E-state index in [0.717, 1.165) is 43.1 Å². The van der Waals surface area contributed by atoms with Crippen molar-refractivity contribution in [3.63, 3.8) is 0 Å². The molecule has 3 heterocycles. The molecular formula is C19H20N4OS. The van der Waals surface area contributed by atoms with Crippen molar-refractivity contribution in [1.29, 1.82) is 0 Å². The highest BCUT2D eigenvalue weighted by molar-refractivity contribution is 7.12. The number of hydrogen-bond acceptors (Lipinski definition) is 4. The first-order valence-corrected chi connectivity index (χ1v) is 9.47. The lowest BCUT2D eigenvalue weighted by Crippen LogP contribution is -2.39. The van der Waals surface area contributed by atoms with Crippen LogP contribution in [0.4, 0.5) is 0 Å². The SMILES string of the molecule is O=C(c1cccs1)N1CCCCC1c1nncn1Cc1ccccc1. The van der Waals surface area contributed by atoms with Gasteiger partial charge in [0.15, 0.2) is 5.82 Å². The number of likely N-dealkylation sites (tertiary alicyclic amines) is 1. The zero-order valence-corrected chi connectivity index (χ0v) is 14.7. The molecule has 1 aliphatic rings. The Morgan fingerprint density at radius 3 is 2.84 bits per heavy atom. The van der Waals surface area contributed by atoms with Crippen LogP contribution in [0.3, 0.4) is 0 Å². The second kappa shape index (κ2) is 7.19. The largest absolute Gasteiger partial charge is 0.328 e. The minimum atomic E-state index is -0.00503. The smallest absolute Gasteiger partial charge is 0.264 e. The third kappa shape index (κ3) is 3.35. The molecule has 1 fully saturated rings. The summed E-state index contributed by atoms with van der Waals surface area (Å²) in [6, 6.07) is 14.1. The minimum absolute atomic E-state index is 0.00503. The molecule has 5 nitrogen and oxygen atoms in total. The summed E-state index contributed by atoms with van der Waals surface area (Å²) in [5.74, 6) is 0.988. The summed E-state index contributed by atoms with van der Waals surface area (Å²) < 4.78 is 2.07. The van der Waals surface area contributed by atoms with Crippen LogP contribution in [0, 0.1) is 0 Å². The van der Waals surface area contributed by atoms with Crippen LogP contribution in [-0.4, -0.2) is 32.1 Å². The Labute approximate surface area is 150 Å². The summed E-state index contributed by atoms with van der Waals surface area (Å²) in [4.78, 5) is 15.7. The zero-order chi connectivity index (χ0) is 17.1. The van der Waals surface area contributed by atoms with Gasteiger partial charge in [-0.3, -0.25) is 4.79 Å². The Morgan fingerprint density at radius 2 is 2.04 bits per heavy atom. The minimum Gasteiger partial charge on any atom is -0.328 e. The predicted octanol–water partition coefficient (Wildman–Crippen LogP) is 3.76. The maximum absolute atomic E-state index is 12.9. The fraction of sp³-hybridized carbons (Fsp3) is 0.316. The Kier molecular flexibility index (Phi) is 4.61. The van der Waals surface area contributed by atoms with Gasteiger partial charge in [-0.1, -0.05) is 36.4 Å². The number of benzene rings is 1. The van der Waals surface area contributed by atoms with E-state index in [2.05, 4.69) is 26.9 Å². The first-order chi connectivity index (χ1) is 12.3. The molecule has 128 valence electrons. The molecule has 1 atom stereocenters. The van der Waals surface area contributed by atoms with E-state index in [-0.39, 0.29) is 11.9 Å². The third-order valence-electron chi connectivity index (χ3n) is 4.63. The highest BCUT2D eigenvalue weighted by atomic mass is 32.1. The van der Waals surface area contributed by atoms with E-state index in [4.69, 9.17) is 0 Å². The van der Waals surface area contributed by atoms with Gasteiger partial charge in [0, 0.05) is 6.54 Å². The average Bonchev–Trinajstić information content (AvgIpc) is 3.34. The molecule has 1 unspecified atom stereocenters. The molecule has 6 heteroatoms. The van der Waals surface area contributed by atoms with E-state index in [0.29, 0.717) is 0 Å². The molecular weight excluding hydrogens is 332 g/mol. The molecule has 0 saturated carbocycles. The number of carbonyl (C=O) groups excluding carboxylic acids is 1. The Morgan fingerprint density at radius 1 is 1.16 bits per heavy atom. The van der Waals surface area contributed by atoms with Crippen molar-refractivity contribution in [2.45, 2.75) is 31.8 Å². The lowest BCUT2D eigenvalue weighted by Gasteiger charge is -2.35. The van der Waals surface area contributed by atoms with Crippen LogP contribution in [0.2, 0.25) is 0 Å². The van der Waals surface area contributed by atoms with E-state index in [9.17, 15) is 4.79 Å². The fourth-order valence-electron chi connectivity index (χ4n) is 3.41. The summed E-state index contributed by atoms with van der Waals surface area (Å²) in [7, 11) is 0. The monoisotopic (exact) mass is 352 g/mol. The molecule has 2 aromatic heterocycles. The zero-order valence-electron chi connectivity index (χ0n) is 13.9. The summed E-state index contributed by atoms with van der Waals surface area (Å²) in [5, 5.41) is 10.4. The molecule has 0 radical (unpaired) electrons. The van der Waals surface area contributed by atoms with Gasteiger partial charge in [0.1, 0.15) is 6.33 Å². The van der Waals surface area contributed by atoms with Crippen LogP contribution >= 0.6 is 11.3 Å². The predicted molar refractivity (Wildman–Crippen MR) is 97.5 cm³/mol. The summed E-state index contributed by atoms with van der Waals surface area (Å²) in [5.41, 5.74) is 1.20. The van der Waals surface area contributed by atoms with E-state index in [1.807, 2.05) is 40.6 Å². The van der Waals surface area contributed by atoms with Crippen LogP contribution in [0.5, 0.6) is 0 Å². The first kappa shape index (κ1) is 16.0. The topological polar surface area (TPSA) is 51.0 Å². The summed E-state index contributed by atoms with van der Waals surface area (Å²) in [6.07, 6.45) is 4.85. The van der Waals surface area contributed by atoms with Gasteiger partial charge < -0.3 is 9.47 Å². The lowest BCUT2D eigenvalue weighted by molar-refractivity contribution is 0.0600. The number of nitrogens with zero attached hydrogens (tertiary/aromatic N) is 4. The molecule has 0 spiro atoms. The normalized spacial score (nSPS) is 17.6. The molecule has 0 bridgehead atoms. The van der Waals surface area contributed by atoms with Crippen molar-refractivity contribution in [2.75, 3.05) is 6.54 Å². The maximum atomic E-state index is 12.9. The Balaban J connectivity index is 1.61. The molecule has 4 rings (SSSR count). The van der Waals surface area contributed by atoms with Gasteiger partial charge in [-0.2, -0.15) is 0 Å². The second-order valence-electron chi connectivity index (χ2n) is 6.29. The van der Waals surface area contributed by atoms with Gasteiger partial charge in [0.2, 0.25) is 0 Å². The molecule has 0 aliphatic carbocycles. The van der Waals surface area contributed by atoms with Crippen molar-refractivity contribution in [2.24, 2.45) is 0 Å². The maximum Gasteiger partial charge on any atom is 0.264 e. The van der Waals surface area contributed by atoms with Gasteiger partial charge in [0.05, 0.1) is 17.5 Å². The standard InChI is InChI=1S/C19H20N4OS/c24-19(17-10-6-12-25-17)23-11-5-4-9-16(23)18-21-20-14-22(18)13-15-7-2-1-3-8-15/h1-3,6-8,10,12,14,16H,4-5,9,11,13H2. The first-order valence-electron chi connectivity index (χ1n) is 8.59. The van der Waals surface area contributed by atoms with Crippen LogP contribution in [0.15, 0.2) is 54.2 Å². The van der Waals surface area contributed by atoms with Gasteiger partial charge in [-0.05, 0) is 36.3 Å². The number of piperidine rings is 1. The quantitative estimate of drug-likeness (QED) is 0.718. The molecule has 1 saturated heterocycles. The van der Waals surface area contributed by atoms with E-state index < -0.39 is 0 Å². The summed E-state index contributed by atoms with van der Waals surface area (Å²) in [6.45, 7) is 1.50. The van der Waals surface area contributed by atoms with Gasteiger partial charge >= 0.3 is 0 Å². The highest BCUT2D eigenvalue weighted by Crippen LogP contribution is 2.32. The molecule has 1 amide bonds. The van der Waals surface area contributed by atoms with E-state index in [1.165, 1.54) is 16.9 Å². The lowest BCUT2D eigenvalue weighted by atomic mass is 10.0. The van der Waals surface area contributed by atoms with Crippen LogP contribution < -0.4 is 0 Å². The molecule has 1 aliphatic heterocycles. The van der Waals surface area contributed by atoms with Crippen molar-refractivity contribution in [1.82, 2.24) is 19.7 Å². The number of aromatic nitrogens is 3. The fourth-order valence-corrected chi connectivity index (χ4v) is 4.09. The van der Waals surface area contributed by atoms with Crippen molar-refractivity contribution < 1.29 is 4.79 Å². The number of carbonyl (C=O) groups is 1. The molecule has 3 aromatic rings. The van der Waals surface area contributed by atoms with Gasteiger partial charge in [0.25, 0.3) is 5.91 Å². The van der Waals surface area contributed by atoms with Crippen LogP contribution in [0.1, 0.15) is 46.4 Å². The van der Waals surface area contributed by atoms with Crippen molar-refractivity contribution in [3.8, 4) is 0 Å². The second-order valence-corrected chi connectivity index (χ2v) is 7.24. The Hall–Kier alpha value is -2.47. The van der Waals surface area contributed by atoms with Crippen molar-refractivity contribution in [3.05, 3.63) is 70.4 Å². The van der Waals surface area contributed by atoms with E-state index in [1.54, 1.807) is 6.33 Å². The van der Waals surface area contributed by atoms with Gasteiger partial charge in [-0.15, -0.1) is 21.5 Å². The van der Waals surface area contributed by atoms with Gasteiger partial charge in [-0.25, -0.2) is 0 Å². The third-order valence-corrected chi connectivity index (χ3v) is 5.49. The Bertz CT molecular complexity index is 828. The van der Waals surface area contributed by atoms with E-state index >= 15 is 0 Å². The highest BCUT2D eigenvalue weighted by Gasteiger charge is 2.32. The number of thiophene rings is 1. The number of hydrogen-bond donors (Lipinski definition) is 0. The number of amides is 1. The molecule has 0 N–H and O–H groups in total. The average molecular weight is 352 g/mol. The van der Waals surface area contributed by atoms with Crippen LogP contribution in [0.25, 0.3) is 0 Å².